The second-order valence-corrected chi connectivity index (χ2v) is 12.5. The van der Waals surface area contributed by atoms with Gasteiger partial charge < -0.3 is 9.47 Å². The van der Waals surface area contributed by atoms with Crippen molar-refractivity contribution in [3.05, 3.63) is 109 Å². The Morgan fingerprint density at radius 3 is 1.46 bits per heavy atom. The summed E-state index contributed by atoms with van der Waals surface area (Å²) in [7, 11) is 0. The number of aromatic nitrogens is 8. The summed E-state index contributed by atoms with van der Waals surface area (Å²) < 4.78 is 15.9. The number of ether oxygens (including phenoxy) is 2. The van der Waals surface area contributed by atoms with E-state index in [2.05, 4.69) is 30.4 Å². The van der Waals surface area contributed by atoms with Crippen molar-refractivity contribution in [3.8, 4) is 34.3 Å². The van der Waals surface area contributed by atoms with E-state index in [0.717, 1.165) is 51.7 Å². The van der Waals surface area contributed by atoms with Gasteiger partial charge in [-0.05, 0) is 55.0 Å². The topological polar surface area (TPSA) is 130 Å². The summed E-state index contributed by atoms with van der Waals surface area (Å²) in [5.74, 6) is 4.30. The zero-order valence-electron chi connectivity index (χ0n) is 25.7. The van der Waals surface area contributed by atoms with Crippen molar-refractivity contribution in [3.63, 3.8) is 0 Å². The first-order chi connectivity index (χ1) is 23.8. The fourth-order valence-corrected chi connectivity index (χ4v) is 6.60. The molecule has 12 nitrogen and oxygen atoms in total. The Morgan fingerprint density at radius 2 is 0.979 bits per heavy atom. The van der Waals surface area contributed by atoms with Gasteiger partial charge in [0, 0.05) is 65.0 Å². The number of hydrogen-bond acceptors (Lipinski definition) is 12. The fourth-order valence-electron chi connectivity index (χ4n) is 4.77. The summed E-state index contributed by atoms with van der Waals surface area (Å²) in [6.07, 6.45) is 12.0. The molecule has 1 aliphatic heterocycles. The van der Waals surface area contributed by atoms with Crippen LogP contribution in [0.1, 0.15) is 24.0 Å². The van der Waals surface area contributed by atoms with Crippen LogP contribution in [-0.2, 0) is 0 Å². The lowest BCUT2D eigenvalue weighted by Crippen LogP contribution is -2.07. The molecule has 0 aliphatic carbocycles. The minimum Gasteiger partial charge on any atom is -0.493 e. The van der Waals surface area contributed by atoms with Crippen molar-refractivity contribution >= 4 is 36.0 Å². The number of pyridine rings is 2. The molecule has 0 bridgehead atoms. The Labute approximate surface area is 285 Å². The molecule has 0 fully saturated rings. The van der Waals surface area contributed by atoms with Crippen molar-refractivity contribution in [2.75, 3.05) is 24.7 Å². The van der Waals surface area contributed by atoms with E-state index >= 15 is 0 Å². The molecule has 14 heteroatoms. The average molecular weight is 675 g/mol. The number of benzene rings is 2. The molecule has 7 rings (SSSR count). The number of thioether (sulfide) groups is 2. The number of fused-ring (bicyclic) bond motifs is 4. The number of para-hydroxylation sites is 2. The second-order valence-electron chi connectivity index (χ2n) is 10.4. The van der Waals surface area contributed by atoms with E-state index in [9.17, 15) is 0 Å². The third-order valence-electron chi connectivity index (χ3n) is 7.12. The summed E-state index contributed by atoms with van der Waals surface area (Å²) in [5.41, 5.74) is 3.43. The third-order valence-corrected chi connectivity index (χ3v) is 9.13. The molecule has 0 amide bonds. The van der Waals surface area contributed by atoms with E-state index in [4.69, 9.17) is 19.7 Å². The first-order valence-corrected chi connectivity index (χ1v) is 17.3. The largest absolute Gasteiger partial charge is 0.493 e. The van der Waals surface area contributed by atoms with Crippen molar-refractivity contribution in [1.82, 2.24) is 39.7 Å². The summed E-state index contributed by atoms with van der Waals surface area (Å²) in [6.45, 7) is 0.932. The summed E-state index contributed by atoms with van der Waals surface area (Å²) >= 11 is 3.19. The molecule has 0 saturated carbocycles. The number of hydrogen-bond donors (Lipinski definition) is 0. The van der Waals surface area contributed by atoms with E-state index in [1.165, 1.54) is 0 Å². The molecule has 5 heterocycles. The molecule has 2 aromatic carbocycles. The van der Waals surface area contributed by atoms with Crippen molar-refractivity contribution < 1.29 is 9.47 Å². The normalized spacial score (nSPS) is 15.5. The molecule has 0 unspecified atom stereocenters. The molecular weight excluding hydrogens is 645 g/mol. The van der Waals surface area contributed by atoms with Gasteiger partial charge in [-0.3, -0.25) is 9.97 Å². The highest BCUT2D eigenvalue weighted by molar-refractivity contribution is 8.00. The monoisotopic (exact) mass is 674 g/mol. The maximum atomic E-state index is 6.18. The zero-order valence-corrected chi connectivity index (χ0v) is 27.4. The van der Waals surface area contributed by atoms with E-state index in [1.807, 2.05) is 72.8 Å². The Kier molecular flexibility index (Phi) is 10.1. The van der Waals surface area contributed by atoms with Gasteiger partial charge in [-0.25, -0.2) is 0 Å². The molecule has 0 saturated heterocycles. The SMILES string of the molecule is C1=N/n2c(nnc2-c2ccncc2)SCCCSc2nnc(-c3ccncc3)n2/N=C/c2ccccc2OCCCOc2ccccc2/1. The second kappa shape index (κ2) is 15.5. The van der Waals surface area contributed by atoms with E-state index in [-0.39, 0.29) is 0 Å². The lowest BCUT2D eigenvalue weighted by Gasteiger charge is -2.11. The molecule has 0 N–H and O–H groups in total. The molecule has 0 atom stereocenters. The van der Waals surface area contributed by atoms with Crippen LogP contribution < -0.4 is 9.47 Å². The molecule has 6 aromatic rings. The van der Waals surface area contributed by atoms with Gasteiger partial charge in [0.2, 0.25) is 10.3 Å². The number of nitrogens with zero attached hydrogens (tertiary/aromatic N) is 10. The van der Waals surface area contributed by atoms with Crippen molar-refractivity contribution in [2.45, 2.75) is 23.2 Å². The van der Waals surface area contributed by atoms with Crippen LogP contribution in [0.15, 0.2) is 118 Å². The maximum Gasteiger partial charge on any atom is 0.212 e. The smallest absolute Gasteiger partial charge is 0.212 e. The first-order valence-electron chi connectivity index (χ1n) is 15.3. The lowest BCUT2D eigenvalue weighted by atomic mass is 10.2. The van der Waals surface area contributed by atoms with Gasteiger partial charge >= 0.3 is 0 Å². The van der Waals surface area contributed by atoms with Gasteiger partial charge in [-0.1, -0.05) is 47.8 Å². The van der Waals surface area contributed by atoms with Crippen LogP contribution in [0.2, 0.25) is 0 Å². The predicted octanol–water partition coefficient (Wildman–Crippen LogP) is 6.19. The van der Waals surface area contributed by atoms with Gasteiger partial charge in [-0.15, -0.1) is 20.4 Å². The van der Waals surface area contributed by atoms with Gasteiger partial charge in [-0.2, -0.15) is 19.6 Å². The standard InChI is InChI=1S/C34H30N10O2S2/c1-3-9-29-27(7-1)23-37-43-31(25-11-15-35-16-12-25)39-41-33(43)47-21-6-22-48-34-42-40-32(26-13-17-36-18-14-26)44(34)38-24-28-8-2-4-10-30(28)46-20-5-19-45-29/h1-4,7-18,23-24H,5-6,19-22H2/b37-23+,38-24+. The molecule has 0 radical (unpaired) electrons. The highest BCUT2D eigenvalue weighted by Gasteiger charge is 2.17. The molecule has 1 aliphatic rings. The van der Waals surface area contributed by atoms with Crippen molar-refractivity contribution in [1.29, 1.82) is 0 Å². The minimum absolute atomic E-state index is 0.466. The third kappa shape index (κ3) is 7.45. The van der Waals surface area contributed by atoms with Crippen LogP contribution in [0.4, 0.5) is 0 Å². The van der Waals surface area contributed by atoms with Crippen LogP contribution in [0.5, 0.6) is 11.5 Å². The first kappa shape index (κ1) is 31.3. The van der Waals surface area contributed by atoms with Crippen LogP contribution in [-0.4, -0.2) is 76.9 Å². The minimum atomic E-state index is 0.466. The van der Waals surface area contributed by atoms with Gasteiger partial charge in [0.05, 0.1) is 25.6 Å². The Hall–Kier alpha value is -5.34. The molecular formula is C34H30N10O2S2. The van der Waals surface area contributed by atoms with Crippen LogP contribution in [0.25, 0.3) is 22.8 Å². The quantitative estimate of drug-likeness (QED) is 0.209. The highest BCUT2D eigenvalue weighted by atomic mass is 32.2. The summed E-state index contributed by atoms with van der Waals surface area (Å²) in [5, 5.41) is 29.0. The van der Waals surface area contributed by atoms with E-state index in [1.54, 1.807) is 70.1 Å². The molecule has 0 spiro atoms. The summed E-state index contributed by atoms with van der Waals surface area (Å²) in [6, 6.07) is 23.2. The molecule has 48 heavy (non-hydrogen) atoms. The Balaban J connectivity index is 1.19. The van der Waals surface area contributed by atoms with Crippen molar-refractivity contribution in [2.24, 2.45) is 10.2 Å². The van der Waals surface area contributed by atoms with Crippen LogP contribution in [0.3, 0.4) is 0 Å². The molecule has 240 valence electrons. The maximum absolute atomic E-state index is 6.18. The predicted molar refractivity (Wildman–Crippen MR) is 187 cm³/mol. The van der Waals surface area contributed by atoms with Gasteiger partial charge in [0.15, 0.2) is 11.6 Å². The Morgan fingerprint density at radius 1 is 0.521 bits per heavy atom. The fraction of sp³-hybridized carbons (Fsp3) is 0.176. The number of rotatable bonds is 2. The van der Waals surface area contributed by atoms with E-state index < -0.39 is 0 Å². The van der Waals surface area contributed by atoms with Crippen LogP contribution in [0, 0.1) is 0 Å². The van der Waals surface area contributed by atoms with Crippen LogP contribution >= 0.6 is 23.5 Å². The van der Waals surface area contributed by atoms with E-state index in [0.29, 0.717) is 41.6 Å². The highest BCUT2D eigenvalue weighted by Crippen LogP contribution is 2.28. The zero-order chi connectivity index (χ0) is 32.4. The van der Waals surface area contributed by atoms with Gasteiger partial charge in [0.25, 0.3) is 0 Å². The summed E-state index contributed by atoms with van der Waals surface area (Å²) in [4.78, 5) is 8.30. The van der Waals surface area contributed by atoms with Gasteiger partial charge in [0.1, 0.15) is 11.5 Å². The molecule has 4 aromatic heterocycles. The Bertz CT molecular complexity index is 1870. The average Bonchev–Trinajstić information content (AvgIpc) is 3.74. The lowest BCUT2D eigenvalue weighted by molar-refractivity contribution is 0.247.